The van der Waals surface area contributed by atoms with Crippen molar-refractivity contribution < 1.29 is 24.8 Å². The molecule has 166 valence electrons. The molecule has 3 aromatic rings. The predicted molar refractivity (Wildman–Crippen MR) is 123 cm³/mol. The molecule has 5 heteroatoms. The normalized spacial score (nSPS) is 16.7. The molecule has 1 aliphatic carbocycles. The van der Waals surface area contributed by atoms with Crippen LogP contribution < -0.4 is 9.47 Å². The Bertz CT molecular complexity index is 1190. The summed E-state index contributed by atoms with van der Waals surface area (Å²) in [5.74, 6) is 1.95. The topological polar surface area (TPSA) is 79.2 Å². The van der Waals surface area contributed by atoms with E-state index in [9.17, 15) is 15.3 Å². The van der Waals surface area contributed by atoms with Crippen LogP contribution in [0.4, 0.5) is 0 Å². The number of hydrogen-bond acceptors (Lipinski definition) is 5. The summed E-state index contributed by atoms with van der Waals surface area (Å²) in [5.41, 5.74) is 6.50. The van der Waals surface area contributed by atoms with Gasteiger partial charge < -0.3 is 24.8 Å². The van der Waals surface area contributed by atoms with Gasteiger partial charge in [-0.15, -0.1) is 0 Å². The van der Waals surface area contributed by atoms with Crippen LogP contribution in [0.5, 0.6) is 23.0 Å². The highest BCUT2D eigenvalue weighted by molar-refractivity contribution is 5.83. The Morgan fingerprint density at radius 2 is 1.72 bits per heavy atom. The number of hydrogen-bond donors (Lipinski definition) is 3. The molecule has 1 atom stereocenters. The molecule has 2 aliphatic rings. The van der Waals surface area contributed by atoms with Gasteiger partial charge in [0.2, 0.25) is 0 Å². The van der Waals surface area contributed by atoms with Crippen molar-refractivity contribution in [2.75, 3.05) is 7.11 Å². The maximum Gasteiger partial charge on any atom is 0.131 e. The van der Waals surface area contributed by atoms with Crippen molar-refractivity contribution in [2.45, 2.75) is 51.2 Å². The molecule has 0 radical (unpaired) electrons. The summed E-state index contributed by atoms with van der Waals surface area (Å²) in [6, 6.07) is 12.9. The van der Waals surface area contributed by atoms with Crippen LogP contribution in [0.25, 0.3) is 11.1 Å². The summed E-state index contributed by atoms with van der Waals surface area (Å²) in [6.45, 7) is 3.55. The molecular formula is C27H28O5. The first-order valence-corrected chi connectivity index (χ1v) is 11.0. The third-order valence-corrected chi connectivity index (χ3v) is 6.75. The Balaban J connectivity index is 1.62. The van der Waals surface area contributed by atoms with Gasteiger partial charge in [0.1, 0.15) is 29.1 Å². The fourth-order valence-electron chi connectivity index (χ4n) is 5.06. The molecule has 3 N–H and O–H groups in total. The number of phenols is 2. The monoisotopic (exact) mass is 432 g/mol. The molecule has 1 heterocycles. The lowest BCUT2D eigenvalue weighted by atomic mass is 9.78. The van der Waals surface area contributed by atoms with Gasteiger partial charge in [0, 0.05) is 35.6 Å². The first-order chi connectivity index (χ1) is 15.3. The van der Waals surface area contributed by atoms with Crippen LogP contribution in [-0.2, 0) is 25.7 Å². The van der Waals surface area contributed by atoms with E-state index < -0.39 is 5.60 Å². The van der Waals surface area contributed by atoms with Crippen LogP contribution in [0, 0.1) is 0 Å². The summed E-state index contributed by atoms with van der Waals surface area (Å²) >= 11 is 0. The van der Waals surface area contributed by atoms with E-state index in [2.05, 4.69) is 0 Å². The summed E-state index contributed by atoms with van der Waals surface area (Å²) in [4.78, 5) is 0. The van der Waals surface area contributed by atoms with Gasteiger partial charge >= 0.3 is 0 Å². The fraction of sp³-hybridized carbons (Fsp3) is 0.333. The number of phenolic OH excluding ortho intramolecular Hbond substituents is 2. The van der Waals surface area contributed by atoms with Crippen molar-refractivity contribution in [1.29, 1.82) is 0 Å². The number of aliphatic hydroxyl groups is 1. The SMILES string of the molecule is COc1cc(O)c2c(c1Cc1ccc(O)cc1)CCc1c-2ccc2c1C[C@@H](C(C)(C)O)O2. The van der Waals surface area contributed by atoms with Gasteiger partial charge in [0.05, 0.1) is 12.7 Å². The van der Waals surface area contributed by atoms with Crippen molar-refractivity contribution in [1.82, 2.24) is 0 Å². The van der Waals surface area contributed by atoms with Crippen LogP contribution in [0.15, 0.2) is 42.5 Å². The van der Waals surface area contributed by atoms with Gasteiger partial charge in [-0.25, -0.2) is 0 Å². The van der Waals surface area contributed by atoms with Crippen molar-refractivity contribution in [2.24, 2.45) is 0 Å². The maximum atomic E-state index is 11.0. The highest BCUT2D eigenvalue weighted by Gasteiger charge is 2.38. The molecule has 0 amide bonds. The Hall–Kier alpha value is -3.18. The lowest BCUT2D eigenvalue weighted by molar-refractivity contribution is -0.0229. The van der Waals surface area contributed by atoms with E-state index >= 15 is 0 Å². The summed E-state index contributed by atoms with van der Waals surface area (Å²) < 4.78 is 11.7. The quantitative estimate of drug-likeness (QED) is 0.564. The highest BCUT2D eigenvalue weighted by Crippen LogP contribution is 2.49. The van der Waals surface area contributed by atoms with Gasteiger partial charge in [-0.1, -0.05) is 18.2 Å². The Morgan fingerprint density at radius 3 is 2.41 bits per heavy atom. The number of ether oxygens (including phenoxy) is 2. The van der Waals surface area contributed by atoms with Gasteiger partial charge in [-0.3, -0.25) is 0 Å². The molecule has 0 saturated carbocycles. The molecule has 0 unspecified atom stereocenters. The second-order valence-corrected chi connectivity index (χ2v) is 9.31. The molecule has 3 aromatic carbocycles. The largest absolute Gasteiger partial charge is 0.508 e. The van der Waals surface area contributed by atoms with E-state index in [-0.39, 0.29) is 17.6 Å². The first-order valence-electron chi connectivity index (χ1n) is 11.0. The average molecular weight is 433 g/mol. The molecule has 0 fully saturated rings. The number of benzene rings is 3. The molecule has 5 nitrogen and oxygen atoms in total. The molecule has 32 heavy (non-hydrogen) atoms. The standard InChI is InChI=1S/C27H28O5/c1-27(2,30)25-13-21-17-8-9-19-20(12-15-4-6-16(28)7-5-15)24(31-3)14-22(29)26(19)18(17)10-11-23(21)32-25/h4-7,10-11,14,25,28-30H,8-9,12-13H2,1-3H3/t25-/m0/s1. The molecule has 1 aliphatic heterocycles. The smallest absolute Gasteiger partial charge is 0.131 e. The zero-order valence-corrected chi connectivity index (χ0v) is 18.6. The number of methoxy groups -OCH3 is 1. The molecule has 0 bridgehead atoms. The first kappa shape index (κ1) is 20.7. The molecular weight excluding hydrogens is 404 g/mol. The zero-order chi connectivity index (χ0) is 22.6. The lowest BCUT2D eigenvalue weighted by Gasteiger charge is -2.26. The third kappa shape index (κ3) is 3.37. The summed E-state index contributed by atoms with van der Waals surface area (Å²) in [7, 11) is 1.62. The van der Waals surface area contributed by atoms with Crippen molar-refractivity contribution in [3.63, 3.8) is 0 Å². The Labute approximate surface area is 187 Å². The van der Waals surface area contributed by atoms with E-state index in [0.717, 1.165) is 52.0 Å². The van der Waals surface area contributed by atoms with Gasteiger partial charge in [0.25, 0.3) is 0 Å². The van der Waals surface area contributed by atoms with Gasteiger partial charge in [-0.2, -0.15) is 0 Å². The molecule has 0 spiro atoms. The average Bonchev–Trinajstić information content (AvgIpc) is 3.21. The van der Waals surface area contributed by atoms with Crippen molar-refractivity contribution in [3.05, 3.63) is 70.3 Å². The minimum Gasteiger partial charge on any atom is -0.508 e. The van der Waals surface area contributed by atoms with Crippen molar-refractivity contribution in [3.8, 4) is 34.1 Å². The fourth-order valence-corrected chi connectivity index (χ4v) is 5.06. The number of fused-ring (bicyclic) bond motifs is 5. The molecule has 0 aromatic heterocycles. The van der Waals surface area contributed by atoms with E-state index in [0.29, 0.717) is 18.6 Å². The minimum atomic E-state index is -0.925. The van der Waals surface area contributed by atoms with Crippen LogP contribution in [0.3, 0.4) is 0 Å². The Morgan fingerprint density at radius 1 is 1.00 bits per heavy atom. The highest BCUT2D eigenvalue weighted by atomic mass is 16.5. The van der Waals surface area contributed by atoms with Crippen LogP contribution in [-0.4, -0.2) is 34.1 Å². The number of rotatable bonds is 4. The zero-order valence-electron chi connectivity index (χ0n) is 18.6. The minimum absolute atomic E-state index is 0.213. The van der Waals surface area contributed by atoms with Crippen molar-refractivity contribution >= 4 is 0 Å². The van der Waals surface area contributed by atoms with Gasteiger partial charge in [0.15, 0.2) is 0 Å². The van der Waals surface area contributed by atoms with E-state index in [1.165, 1.54) is 5.56 Å². The maximum absolute atomic E-state index is 11.0. The van der Waals surface area contributed by atoms with Gasteiger partial charge in [-0.05, 0) is 67.1 Å². The molecule has 5 rings (SSSR count). The second kappa shape index (κ2) is 7.45. The second-order valence-electron chi connectivity index (χ2n) is 9.31. The van der Waals surface area contributed by atoms with E-state index in [1.54, 1.807) is 39.2 Å². The predicted octanol–water partition coefficient (Wildman–Crippen LogP) is 4.54. The summed E-state index contributed by atoms with van der Waals surface area (Å²) in [5, 5.41) is 31.1. The number of aromatic hydroxyl groups is 2. The van der Waals surface area contributed by atoms with Crippen LogP contribution in [0.2, 0.25) is 0 Å². The molecule has 0 saturated heterocycles. The third-order valence-electron chi connectivity index (χ3n) is 6.75. The van der Waals surface area contributed by atoms with Crippen LogP contribution in [0.1, 0.15) is 41.7 Å². The Kier molecular flexibility index (Phi) is 4.82. The van der Waals surface area contributed by atoms with E-state index in [4.69, 9.17) is 9.47 Å². The lowest BCUT2D eigenvalue weighted by Crippen LogP contribution is -2.39. The van der Waals surface area contributed by atoms with E-state index in [1.807, 2.05) is 24.3 Å². The summed E-state index contributed by atoms with van der Waals surface area (Å²) in [6.07, 6.45) is 2.65. The van der Waals surface area contributed by atoms with Crippen LogP contribution >= 0.6 is 0 Å².